The number of hydrogen-bond acceptors (Lipinski definition) is 4. The van der Waals surface area contributed by atoms with E-state index in [1.165, 1.54) is 16.3 Å². The van der Waals surface area contributed by atoms with Gasteiger partial charge in [0.1, 0.15) is 9.66 Å². The van der Waals surface area contributed by atoms with Gasteiger partial charge in [-0.05, 0) is 40.6 Å². The van der Waals surface area contributed by atoms with Gasteiger partial charge in [0, 0.05) is 34.9 Å². The molecule has 0 bridgehead atoms. The van der Waals surface area contributed by atoms with E-state index in [4.69, 9.17) is 9.97 Å². The van der Waals surface area contributed by atoms with Crippen molar-refractivity contribution in [2.45, 2.75) is 19.6 Å². The van der Waals surface area contributed by atoms with Gasteiger partial charge >= 0.3 is 0 Å². The molecule has 4 heterocycles. The van der Waals surface area contributed by atoms with E-state index in [9.17, 15) is 0 Å². The highest BCUT2D eigenvalue weighted by Gasteiger charge is 2.22. The first-order chi connectivity index (χ1) is 14.0. The molecule has 0 unspecified atom stereocenters. The monoisotopic (exact) mass is 411 g/mol. The number of benzene rings is 1. The van der Waals surface area contributed by atoms with Gasteiger partial charge < -0.3 is 0 Å². The molecule has 5 aromatic rings. The Bertz CT molecular complexity index is 1340. The van der Waals surface area contributed by atoms with Gasteiger partial charge in [-0.25, -0.2) is 9.97 Å². The summed E-state index contributed by atoms with van der Waals surface area (Å²) in [7, 11) is -1.54. The van der Waals surface area contributed by atoms with Crippen molar-refractivity contribution in [3.8, 4) is 22.4 Å². The minimum atomic E-state index is -1.54. The number of aromatic nitrogens is 3. The van der Waals surface area contributed by atoms with Crippen molar-refractivity contribution in [2.75, 3.05) is 0 Å². The Balaban J connectivity index is 1.71. The summed E-state index contributed by atoms with van der Waals surface area (Å²) in [6.45, 7) is 7.11. The summed E-state index contributed by atoms with van der Waals surface area (Å²) in [5.41, 5.74) is 4.53. The molecule has 0 saturated heterocycles. The zero-order chi connectivity index (χ0) is 20.0. The Morgan fingerprint density at radius 2 is 1.52 bits per heavy atom. The third-order valence-corrected chi connectivity index (χ3v) is 8.25. The smallest absolute Gasteiger partial charge is 0.125 e. The fraction of sp³-hybridized carbons (Fsp3) is 0.125. The van der Waals surface area contributed by atoms with Crippen molar-refractivity contribution in [2.24, 2.45) is 0 Å². The number of fused-ring (bicyclic) bond motifs is 3. The molecule has 5 rings (SSSR count). The van der Waals surface area contributed by atoms with Crippen LogP contribution in [0.2, 0.25) is 19.6 Å². The largest absolute Gasteiger partial charge is 0.256 e. The molecule has 0 radical (unpaired) electrons. The van der Waals surface area contributed by atoms with Crippen molar-refractivity contribution < 1.29 is 0 Å². The fourth-order valence-electron chi connectivity index (χ4n) is 3.70. The van der Waals surface area contributed by atoms with Crippen LogP contribution in [0, 0.1) is 0 Å². The number of thiophene rings is 1. The maximum Gasteiger partial charge on any atom is 0.125 e. The number of nitrogens with zero attached hydrogens (tertiary/aromatic N) is 3. The minimum Gasteiger partial charge on any atom is -0.256 e. The Labute approximate surface area is 175 Å². The Morgan fingerprint density at radius 3 is 2.31 bits per heavy atom. The predicted molar refractivity (Wildman–Crippen MR) is 127 cm³/mol. The van der Waals surface area contributed by atoms with Crippen LogP contribution >= 0.6 is 11.3 Å². The average molecular weight is 412 g/mol. The molecule has 29 heavy (non-hydrogen) atoms. The first-order valence-corrected chi connectivity index (χ1v) is 14.0. The van der Waals surface area contributed by atoms with Crippen LogP contribution in [0.1, 0.15) is 0 Å². The molecule has 0 aliphatic heterocycles. The average Bonchev–Trinajstić information content (AvgIpc) is 3.11. The number of pyridine rings is 3. The van der Waals surface area contributed by atoms with Crippen LogP contribution in [0.3, 0.4) is 0 Å². The van der Waals surface area contributed by atoms with Crippen LogP contribution in [-0.4, -0.2) is 23.0 Å². The highest BCUT2D eigenvalue weighted by atomic mass is 32.1. The van der Waals surface area contributed by atoms with Crippen LogP contribution < -0.4 is 5.19 Å². The molecule has 0 atom stereocenters. The maximum absolute atomic E-state index is 4.86. The fourth-order valence-corrected chi connectivity index (χ4v) is 6.15. The minimum absolute atomic E-state index is 0.962. The molecule has 1 aromatic carbocycles. The summed E-state index contributed by atoms with van der Waals surface area (Å²) in [4.78, 5) is 16.1. The summed E-state index contributed by atoms with van der Waals surface area (Å²) in [6.07, 6.45) is 5.85. The van der Waals surface area contributed by atoms with Crippen molar-refractivity contribution in [1.82, 2.24) is 15.0 Å². The Hall–Kier alpha value is -2.89. The normalized spacial score (nSPS) is 12.0. The van der Waals surface area contributed by atoms with Gasteiger partial charge in [-0.3, -0.25) is 4.98 Å². The van der Waals surface area contributed by atoms with Gasteiger partial charge in [-0.2, -0.15) is 0 Å². The summed E-state index contributed by atoms with van der Waals surface area (Å²) in [5.74, 6) is 0. The standard InChI is InChI=1S/C24H21N3SSi/c1-29(2,3)22-15-26-21(13-19(22)16-8-5-4-6-9-16)17-12-20-18-10-7-11-25-23(18)28-24(20)27-14-17/h4-15H,1-3H3. The lowest BCUT2D eigenvalue weighted by Gasteiger charge is -2.21. The predicted octanol–water partition coefficient (Wildman–Crippen LogP) is 6.12. The topological polar surface area (TPSA) is 38.7 Å². The third-order valence-electron chi connectivity index (χ3n) is 5.20. The second-order valence-electron chi connectivity index (χ2n) is 8.27. The second kappa shape index (κ2) is 6.86. The first kappa shape index (κ1) is 18.2. The highest BCUT2D eigenvalue weighted by molar-refractivity contribution is 7.25. The van der Waals surface area contributed by atoms with Crippen molar-refractivity contribution in [1.29, 1.82) is 0 Å². The number of rotatable bonds is 3. The second-order valence-corrected chi connectivity index (χ2v) is 14.3. The molecular weight excluding hydrogens is 390 g/mol. The van der Waals surface area contributed by atoms with E-state index in [1.54, 1.807) is 11.3 Å². The molecule has 0 spiro atoms. The summed E-state index contributed by atoms with van der Waals surface area (Å²) in [5, 5.41) is 3.68. The third kappa shape index (κ3) is 3.26. The first-order valence-electron chi connectivity index (χ1n) is 9.70. The summed E-state index contributed by atoms with van der Waals surface area (Å²) in [6, 6.07) is 19.2. The summed E-state index contributed by atoms with van der Waals surface area (Å²) >= 11 is 1.63. The van der Waals surface area contributed by atoms with Crippen LogP contribution in [-0.2, 0) is 0 Å². The molecule has 0 saturated carbocycles. The molecule has 5 heteroatoms. The lowest BCUT2D eigenvalue weighted by molar-refractivity contribution is 1.32. The maximum atomic E-state index is 4.86. The molecular formula is C24H21N3SSi. The van der Waals surface area contributed by atoms with E-state index in [0.717, 1.165) is 31.7 Å². The van der Waals surface area contributed by atoms with Gasteiger partial charge in [-0.15, -0.1) is 0 Å². The highest BCUT2D eigenvalue weighted by Crippen LogP contribution is 2.34. The molecule has 0 fully saturated rings. The van der Waals surface area contributed by atoms with E-state index in [1.807, 2.05) is 18.5 Å². The van der Waals surface area contributed by atoms with Gasteiger partial charge in [0.25, 0.3) is 0 Å². The van der Waals surface area contributed by atoms with E-state index in [2.05, 4.69) is 79.4 Å². The van der Waals surface area contributed by atoms with Gasteiger partial charge in [0.05, 0.1) is 13.8 Å². The quantitative estimate of drug-likeness (QED) is 0.336. The molecule has 142 valence electrons. The zero-order valence-electron chi connectivity index (χ0n) is 16.7. The lowest BCUT2D eigenvalue weighted by Crippen LogP contribution is -2.39. The van der Waals surface area contributed by atoms with Gasteiger partial charge in [0.15, 0.2) is 0 Å². The van der Waals surface area contributed by atoms with Crippen molar-refractivity contribution in [3.63, 3.8) is 0 Å². The van der Waals surface area contributed by atoms with Gasteiger partial charge in [-0.1, -0.05) is 61.3 Å². The lowest BCUT2D eigenvalue weighted by atomic mass is 10.0. The summed E-state index contributed by atoms with van der Waals surface area (Å²) < 4.78 is 0. The van der Waals surface area contributed by atoms with E-state index in [-0.39, 0.29) is 0 Å². The molecule has 0 amide bonds. The molecule has 3 nitrogen and oxygen atoms in total. The van der Waals surface area contributed by atoms with Crippen LogP contribution in [0.15, 0.2) is 73.2 Å². The molecule has 0 aliphatic rings. The zero-order valence-corrected chi connectivity index (χ0v) is 18.5. The van der Waals surface area contributed by atoms with Crippen molar-refractivity contribution >= 4 is 45.0 Å². The van der Waals surface area contributed by atoms with Gasteiger partial charge in [0.2, 0.25) is 0 Å². The van der Waals surface area contributed by atoms with Crippen LogP contribution in [0.25, 0.3) is 42.8 Å². The molecule has 0 aliphatic carbocycles. The molecule has 0 N–H and O–H groups in total. The Morgan fingerprint density at radius 1 is 0.724 bits per heavy atom. The van der Waals surface area contributed by atoms with E-state index >= 15 is 0 Å². The van der Waals surface area contributed by atoms with E-state index < -0.39 is 8.07 Å². The van der Waals surface area contributed by atoms with Crippen molar-refractivity contribution in [3.05, 3.63) is 73.2 Å². The van der Waals surface area contributed by atoms with E-state index in [0.29, 0.717) is 0 Å². The van der Waals surface area contributed by atoms with Crippen LogP contribution in [0.5, 0.6) is 0 Å². The number of hydrogen-bond donors (Lipinski definition) is 0. The molecule has 4 aromatic heterocycles. The van der Waals surface area contributed by atoms with Crippen LogP contribution in [0.4, 0.5) is 0 Å². The Kier molecular flexibility index (Phi) is 4.30. The SMILES string of the molecule is C[Si](C)(C)c1cnc(-c2cnc3sc4ncccc4c3c2)cc1-c1ccccc1.